The fourth-order valence-corrected chi connectivity index (χ4v) is 1.97. The summed E-state index contributed by atoms with van der Waals surface area (Å²) >= 11 is 0. The maximum atomic E-state index is 5.77. The van der Waals surface area contributed by atoms with Crippen molar-refractivity contribution in [1.82, 2.24) is 20.2 Å². The van der Waals surface area contributed by atoms with Crippen molar-refractivity contribution < 1.29 is 4.74 Å². The van der Waals surface area contributed by atoms with Crippen LogP contribution in [0.1, 0.15) is 38.2 Å². The number of anilines is 1. The number of nitrogens with one attached hydrogen (secondary N) is 1. The largest absolute Gasteiger partial charge is 0.482 e. The highest BCUT2D eigenvalue weighted by molar-refractivity contribution is 5.49. The van der Waals surface area contributed by atoms with Crippen molar-refractivity contribution in [3.63, 3.8) is 0 Å². The molecule has 0 amide bonds. The second kappa shape index (κ2) is 7.52. The highest BCUT2D eigenvalue weighted by Gasteiger charge is 2.10. The molecule has 2 heterocycles. The third kappa shape index (κ3) is 4.66. The third-order valence-corrected chi connectivity index (χ3v) is 2.98. The van der Waals surface area contributed by atoms with Gasteiger partial charge < -0.3 is 10.1 Å². The number of ether oxygens (including phenoxy) is 1. The summed E-state index contributed by atoms with van der Waals surface area (Å²) in [4.78, 5) is 8.62. The van der Waals surface area contributed by atoms with Crippen LogP contribution in [0.2, 0.25) is 0 Å². The lowest BCUT2D eigenvalue weighted by Crippen LogP contribution is -2.17. The summed E-state index contributed by atoms with van der Waals surface area (Å²) < 4.78 is 5.77. The van der Waals surface area contributed by atoms with Crippen molar-refractivity contribution in [2.24, 2.45) is 0 Å². The third-order valence-electron chi connectivity index (χ3n) is 2.98. The van der Waals surface area contributed by atoms with Gasteiger partial charge in [0.25, 0.3) is 0 Å². The molecule has 0 bridgehead atoms. The van der Waals surface area contributed by atoms with Crippen LogP contribution in [0, 0.1) is 6.92 Å². The lowest BCUT2D eigenvalue weighted by Gasteiger charge is -2.16. The van der Waals surface area contributed by atoms with E-state index in [1.807, 2.05) is 19.1 Å². The first kappa shape index (κ1) is 15.2. The first-order chi connectivity index (χ1) is 10.2. The Labute approximate surface area is 125 Å². The van der Waals surface area contributed by atoms with Crippen molar-refractivity contribution in [2.45, 2.75) is 46.3 Å². The lowest BCUT2D eigenvalue weighted by atomic mass is 10.2. The zero-order valence-electron chi connectivity index (χ0n) is 12.7. The monoisotopic (exact) mass is 287 g/mol. The normalized spacial score (nSPS) is 12.0. The Balaban J connectivity index is 2.07. The molecule has 2 rings (SSSR count). The molecule has 6 heteroatoms. The van der Waals surface area contributed by atoms with Crippen LogP contribution in [-0.2, 0) is 6.61 Å². The van der Waals surface area contributed by atoms with Crippen LogP contribution < -0.4 is 10.1 Å². The number of hydrogen-bond acceptors (Lipinski definition) is 6. The molecule has 0 saturated heterocycles. The van der Waals surface area contributed by atoms with Gasteiger partial charge in [-0.3, -0.25) is 0 Å². The molecule has 0 aliphatic rings. The molecule has 21 heavy (non-hydrogen) atoms. The molecule has 0 spiro atoms. The number of nitrogens with zero attached hydrogens (tertiary/aromatic N) is 4. The maximum absolute atomic E-state index is 5.77. The first-order valence-corrected chi connectivity index (χ1v) is 7.18. The smallest absolute Gasteiger partial charge is 0.180 e. The SMILES string of the molecule is CCC[C@@H](C)Nc1nc(C)ncc1OCc1cccnn1. The van der Waals surface area contributed by atoms with Crippen LogP contribution in [0.15, 0.2) is 24.5 Å². The maximum Gasteiger partial charge on any atom is 0.180 e. The van der Waals surface area contributed by atoms with Gasteiger partial charge in [0, 0.05) is 12.2 Å². The van der Waals surface area contributed by atoms with Gasteiger partial charge in [0.15, 0.2) is 11.6 Å². The van der Waals surface area contributed by atoms with Crippen molar-refractivity contribution in [3.05, 3.63) is 36.0 Å². The van der Waals surface area contributed by atoms with Crippen LogP contribution in [-0.4, -0.2) is 26.2 Å². The predicted octanol–water partition coefficient (Wildman–Crippen LogP) is 2.75. The summed E-state index contributed by atoms with van der Waals surface area (Å²) in [5.41, 5.74) is 0.769. The first-order valence-electron chi connectivity index (χ1n) is 7.18. The fraction of sp³-hybridized carbons (Fsp3) is 0.467. The average molecular weight is 287 g/mol. The molecule has 1 atom stereocenters. The lowest BCUT2D eigenvalue weighted by molar-refractivity contribution is 0.298. The number of aromatic nitrogens is 4. The van der Waals surface area contributed by atoms with Gasteiger partial charge in [-0.2, -0.15) is 10.2 Å². The number of rotatable bonds is 7. The van der Waals surface area contributed by atoms with Crippen molar-refractivity contribution in [2.75, 3.05) is 5.32 Å². The van der Waals surface area contributed by atoms with Gasteiger partial charge in [0.1, 0.15) is 18.1 Å². The Morgan fingerprint density at radius 2 is 2.24 bits per heavy atom. The Bertz CT molecular complexity index is 561. The van der Waals surface area contributed by atoms with Crippen LogP contribution in [0.4, 0.5) is 5.82 Å². The van der Waals surface area contributed by atoms with Crippen LogP contribution >= 0.6 is 0 Å². The van der Waals surface area contributed by atoms with E-state index in [-0.39, 0.29) is 0 Å². The van der Waals surface area contributed by atoms with E-state index in [0.29, 0.717) is 24.2 Å². The minimum Gasteiger partial charge on any atom is -0.482 e. The van der Waals surface area contributed by atoms with E-state index in [1.165, 1.54) is 0 Å². The number of hydrogen-bond donors (Lipinski definition) is 1. The molecule has 0 fully saturated rings. The fourth-order valence-electron chi connectivity index (χ4n) is 1.97. The van der Waals surface area contributed by atoms with Gasteiger partial charge in [-0.05, 0) is 32.4 Å². The van der Waals surface area contributed by atoms with Crippen molar-refractivity contribution in [1.29, 1.82) is 0 Å². The summed E-state index contributed by atoms with van der Waals surface area (Å²) in [6.07, 6.45) is 5.53. The van der Waals surface area contributed by atoms with E-state index in [4.69, 9.17) is 4.74 Å². The van der Waals surface area contributed by atoms with Crippen LogP contribution in [0.5, 0.6) is 5.75 Å². The van der Waals surface area contributed by atoms with E-state index in [0.717, 1.165) is 24.4 Å². The standard InChI is InChI=1S/C15H21N5O/c1-4-6-11(2)18-15-14(9-16-12(3)19-15)21-10-13-7-5-8-17-20-13/h5,7-9,11H,4,6,10H2,1-3H3,(H,16,18,19)/t11-/m1/s1. The van der Waals surface area contributed by atoms with Gasteiger partial charge in [0.05, 0.1) is 6.20 Å². The predicted molar refractivity (Wildman–Crippen MR) is 81.1 cm³/mol. The Hall–Kier alpha value is -2.24. The summed E-state index contributed by atoms with van der Waals surface area (Å²) in [7, 11) is 0. The topological polar surface area (TPSA) is 72.8 Å². The van der Waals surface area contributed by atoms with Gasteiger partial charge >= 0.3 is 0 Å². The Morgan fingerprint density at radius 3 is 2.95 bits per heavy atom. The van der Waals surface area contributed by atoms with Crippen molar-refractivity contribution in [3.8, 4) is 5.75 Å². The Morgan fingerprint density at radius 1 is 1.38 bits per heavy atom. The zero-order valence-corrected chi connectivity index (χ0v) is 12.7. The highest BCUT2D eigenvalue weighted by atomic mass is 16.5. The molecule has 0 aliphatic heterocycles. The molecule has 0 saturated carbocycles. The molecule has 1 N–H and O–H groups in total. The van der Waals surface area contributed by atoms with Gasteiger partial charge in [-0.25, -0.2) is 9.97 Å². The van der Waals surface area contributed by atoms with Crippen LogP contribution in [0.25, 0.3) is 0 Å². The summed E-state index contributed by atoms with van der Waals surface area (Å²) in [6.45, 7) is 6.50. The summed E-state index contributed by atoms with van der Waals surface area (Å²) in [5, 5.41) is 11.2. The molecule has 112 valence electrons. The van der Waals surface area contributed by atoms with E-state index in [1.54, 1.807) is 12.4 Å². The van der Waals surface area contributed by atoms with E-state index in [9.17, 15) is 0 Å². The minimum atomic E-state index is 0.336. The summed E-state index contributed by atoms with van der Waals surface area (Å²) in [5.74, 6) is 2.08. The minimum absolute atomic E-state index is 0.336. The molecule has 2 aromatic rings. The molecular formula is C15H21N5O. The Kier molecular flexibility index (Phi) is 5.43. The molecule has 0 radical (unpaired) electrons. The second-order valence-corrected chi connectivity index (χ2v) is 4.97. The molecule has 0 aromatic carbocycles. The molecule has 0 aliphatic carbocycles. The van der Waals surface area contributed by atoms with E-state index in [2.05, 4.69) is 39.3 Å². The van der Waals surface area contributed by atoms with Gasteiger partial charge in [-0.1, -0.05) is 13.3 Å². The zero-order chi connectivity index (χ0) is 15.1. The average Bonchev–Trinajstić information content (AvgIpc) is 2.48. The second-order valence-electron chi connectivity index (χ2n) is 4.97. The van der Waals surface area contributed by atoms with Gasteiger partial charge in [0.2, 0.25) is 0 Å². The van der Waals surface area contributed by atoms with Gasteiger partial charge in [-0.15, -0.1) is 0 Å². The highest BCUT2D eigenvalue weighted by Crippen LogP contribution is 2.23. The molecule has 2 aromatic heterocycles. The molecule has 6 nitrogen and oxygen atoms in total. The quantitative estimate of drug-likeness (QED) is 0.844. The molecule has 0 unspecified atom stereocenters. The molecular weight excluding hydrogens is 266 g/mol. The van der Waals surface area contributed by atoms with Crippen molar-refractivity contribution >= 4 is 5.82 Å². The van der Waals surface area contributed by atoms with E-state index >= 15 is 0 Å². The van der Waals surface area contributed by atoms with Crippen LogP contribution in [0.3, 0.4) is 0 Å². The summed E-state index contributed by atoms with van der Waals surface area (Å²) in [6, 6.07) is 4.04. The van der Waals surface area contributed by atoms with E-state index < -0.39 is 0 Å². The number of aryl methyl sites for hydroxylation is 1.